The molecular formula is C40H70N8O14Si2. The number of nitrogens with one attached hydrogen (secondary N) is 1. The van der Waals surface area contributed by atoms with Crippen molar-refractivity contribution < 1.29 is 50.5 Å². The van der Waals surface area contributed by atoms with Crippen molar-refractivity contribution in [1.29, 1.82) is 0 Å². The number of urea groups is 1. The fourth-order valence-corrected chi connectivity index (χ4v) is 11.0. The Morgan fingerprint density at radius 3 is 1.42 bits per heavy atom. The summed E-state index contributed by atoms with van der Waals surface area (Å²) in [6.07, 6.45) is 11.2. The van der Waals surface area contributed by atoms with E-state index in [1.807, 2.05) is 0 Å². The Kier molecular flexibility index (Phi) is 26.9. The van der Waals surface area contributed by atoms with Crippen LogP contribution in [0.25, 0.3) is 0 Å². The molecule has 2 rings (SSSR count). The Morgan fingerprint density at radius 1 is 0.594 bits per heavy atom. The van der Waals surface area contributed by atoms with Crippen LogP contribution in [0.2, 0.25) is 12.1 Å². The molecule has 1 N–H and O–H groups in total. The maximum atomic E-state index is 13.7. The van der Waals surface area contributed by atoms with Gasteiger partial charge in [0.25, 0.3) is 5.91 Å². The first-order valence-electron chi connectivity index (χ1n) is 22.1. The van der Waals surface area contributed by atoms with E-state index < -0.39 is 52.7 Å². The minimum Gasteiger partial charge on any atom is -0.377 e. The molecule has 0 saturated carbocycles. The van der Waals surface area contributed by atoms with Gasteiger partial charge in [-0.15, -0.1) is 0 Å². The van der Waals surface area contributed by atoms with E-state index in [-0.39, 0.29) is 51.6 Å². The second-order valence-electron chi connectivity index (χ2n) is 15.3. The zero-order valence-electron chi connectivity index (χ0n) is 38.6. The molecule has 1 unspecified atom stereocenters. The molecule has 64 heavy (non-hydrogen) atoms. The van der Waals surface area contributed by atoms with E-state index in [0.29, 0.717) is 102 Å². The van der Waals surface area contributed by atoms with E-state index in [9.17, 15) is 38.4 Å². The summed E-state index contributed by atoms with van der Waals surface area (Å²) < 4.78 is 36.4. The van der Waals surface area contributed by atoms with Crippen molar-refractivity contribution in [1.82, 2.24) is 28.8 Å². The smallest absolute Gasteiger partial charge is 0.377 e. The molecule has 0 radical (unpaired) electrons. The third-order valence-corrected chi connectivity index (χ3v) is 17.0. The van der Waals surface area contributed by atoms with Crippen molar-refractivity contribution in [3.05, 3.63) is 31.5 Å². The Morgan fingerprint density at radius 2 is 1.00 bits per heavy atom. The highest BCUT2D eigenvalue weighted by molar-refractivity contribution is 6.60. The number of aliphatic imine (C=N–C) groups is 2. The van der Waals surface area contributed by atoms with Gasteiger partial charge < -0.3 is 36.8 Å². The van der Waals surface area contributed by atoms with Crippen molar-refractivity contribution >= 4 is 47.6 Å². The van der Waals surface area contributed by atoms with E-state index in [4.69, 9.17) is 26.6 Å². The summed E-state index contributed by atoms with van der Waals surface area (Å²) in [5.41, 5.74) is -1.97. The van der Waals surface area contributed by atoms with E-state index >= 15 is 0 Å². The van der Waals surface area contributed by atoms with Crippen molar-refractivity contribution in [3.63, 3.8) is 0 Å². The van der Waals surface area contributed by atoms with Crippen LogP contribution in [-0.4, -0.2) is 153 Å². The van der Waals surface area contributed by atoms with Crippen LogP contribution in [0.4, 0.5) is 4.79 Å². The van der Waals surface area contributed by atoms with Crippen molar-refractivity contribution in [2.24, 2.45) is 9.98 Å². The van der Waals surface area contributed by atoms with Crippen LogP contribution in [0.5, 0.6) is 0 Å². The summed E-state index contributed by atoms with van der Waals surface area (Å²) in [5.74, 6) is -0.865. The van der Waals surface area contributed by atoms with Gasteiger partial charge in [-0.25, -0.2) is 52.5 Å². The summed E-state index contributed by atoms with van der Waals surface area (Å²) in [5, 5.41) is 2.90. The summed E-state index contributed by atoms with van der Waals surface area (Å²) in [7, 11) is 3.01. The Balaban J connectivity index is 2.09. The molecule has 0 spiro atoms. The standard InChI is InChI=1S/C40H70N8O14Si2/c1-57-63(58-2,59-3)29-19-27-44(34-31-35(51)45(36(34)52)28-20-30-64(60-4,61-5)62-6)37(53)43-23-15-9-12-18-26-48-39(55)46(24-16-10-7-13-21-41-32-49)38(54)47(40(48)56)25-17-11-8-14-22-42-33-50/h34H,7-31H2,1-6H3,(H,43,53). The molecule has 2 heterocycles. The Labute approximate surface area is 377 Å². The molecule has 1 fully saturated rings. The second-order valence-corrected chi connectivity index (χ2v) is 21.5. The predicted molar refractivity (Wildman–Crippen MR) is 238 cm³/mol. The molecule has 1 aliphatic rings. The predicted octanol–water partition coefficient (Wildman–Crippen LogP) is 2.20. The van der Waals surface area contributed by atoms with Gasteiger partial charge in [-0.3, -0.25) is 14.5 Å². The van der Waals surface area contributed by atoms with Gasteiger partial charge in [0.05, 0.1) is 19.5 Å². The zero-order valence-corrected chi connectivity index (χ0v) is 40.6. The number of nitrogens with zero attached hydrogens (tertiary/aromatic N) is 7. The quantitative estimate of drug-likeness (QED) is 0.0333. The molecule has 1 aromatic heterocycles. The van der Waals surface area contributed by atoms with Crippen molar-refractivity contribution in [2.45, 2.75) is 134 Å². The molecule has 362 valence electrons. The van der Waals surface area contributed by atoms with Gasteiger partial charge in [-0.1, -0.05) is 38.5 Å². The molecule has 1 atom stereocenters. The number of rotatable bonds is 36. The van der Waals surface area contributed by atoms with Gasteiger partial charge in [-0.05, 0) is 51.4 Å². The topological polar surface area (TPSA) is 250 Å². The van der Waals surface area contributed by atoms with Crippen molar-refractivity contribution in [2.75, 3.05) is 75.4 Å². The van der Waals surface area contributed by atoms with Crippen LogP contribution < -0.4 is 22.4 Å². The molecule has 0 bridgehead atoms. The second kappa shape index (κ2) is 30.8. The van der Waals surface area contributed by atoms with Crippen LogP contribution >= 0.6 is 0 Å². The summed E-state index contributed by atoms with van der Waals surface area (Å²) >= 11 is 0. The summed E-state index contributed by atoms with van der Waals surface area (Å²) in [6, 6.07) is -0.773. The lowest BCUT2D eigenvalue weighted by Crippen LogP contribution is -2.54. The van der Waals surface area contributed by atoms with Gasteiger partial charge in [0.2, 0.25) is 18.1 Å². The average Bonchev–Trinajstić information content (AvgIpc) is 3.58. The maximum absolute atomic E-state index is 13.7. The largest absolute Gasteiger partial charge is 0.500 e. The summed E-state index contributed by atoms with van der Waals surface area (Å²) in [6.45, 7) is 1.61. The first-order valence-corrected chi connectivity index (χ1v) is 26.0. The Hall–Kier alpha value is -4.23. The average molecular weight is 943 g/mol. The number of unbranched alkanes of at least 4 members (excludes halogenated alkanes) is 9. The van der Waals surface area contributed by atoms with Gasteiger partial charge in [0.15, 0.2) is 0 Å². The number of aromatic nitrogens is 3. The number of carbonyl (C=O) groups is 3. The number of likely N-dealkylation sites (tertiary alicyclic amines) is 1. The third-order valence-electron chi connectivity index (χ3n) is 11.4. The van der Waals surface area contributed by atoms with E-state index in [1.165, 1.54) is 64.6 Å². The first-order chi connectivity index (χ1) is 30.9. The highest BCUT2D eigenvalue weighted by Gasteiger charge is 2.45. The number of carbonyl (C=O) groups excluding carboxylic acids is 5. The SMILES string of the molecule is CO[Si](CCCN1C(=O)CC(N(CCC[Si](OC)(OC)OC)C(=O)NCCCCCCn2c(=O)n(CCCCCCN=C=O)c(=O)n(CCCCCCN=C=O)c2=O)C1=O)(OC)OC. The number of imide groups is 1. The normalized spacial score (nSPS) is 14.2. The van der Waals surface area contributed by atoms with Crippen LogP contribution in [0.15, 0.2) is 24.4 Å². The number of isocyanates is 2. The van der Waals surface area contributed by atoms with Crippen LogP contribution in [0.3, 0.4) is 0 Å². The fraction of sp³-hybridized carbons (Fsp3) is 0.800. The highest BCUT2D eigenvalue weighted by atomic mass is 28.4. The minimum absolute atomic E-state index is 0.0978. The van der Waals surface area contributed by atoms with E-state index in [2.05, 4.69) is 15.3 Å². The van der Waals surface area contributed by atoms with Crippen LogP contribution in [0.1, 0.15) is 96.3 Å². The third kappa shape index (κ3) is 17.3. The van der Waals surface area contributed by atoms with E-state index in [1.54, 1.807) is 0 Å². The van der Waals surface area contributed by atoms with Crippen LogP contribution in [0, 0.1) is 0 Å². The Bertz CT molecular complexity index is 1790. The summed E-state index contributed by atoms with van der Waals surface area (Å²) in [4.78, 5) is 111. The minimum atomic E-state index is -3.00. The molecule has 4 amide bonds. The highest BCUT2D eigenvalue weighted by Crippen LogP contribution is 2.24. The van der Waals surface area contributed by atoms with Crippen molar-refractivity contribution in [3.8, 4) is 0 Å². The molecule has 22 nitrogen and oxygen atoms in total. The van der Waals surface area contributed by atoms with Gasteiger partial charge in [0, 0.05) is 94.0 Å². The van der Waals surface area contributed by atoms with E-state index in [0.717, 1.165) is 26.5 Å². The first kappa shape index (κ1) is 55.9. The number of hydrogen-bond acceptors (Lipinski definition) is 16. The molecular weight excluding hydrogens is 873 g/mol. The fourth-order valence-electron chi connectivity index (χ4n) is 7.60. The maximum Gasteiger partial charge on any atom is 0.500 e. The molecule has 0 aromatic carbocycles. The molecule has 1 saturated heterocycles. The van der Waals surface area contributed by atoms with Gasteiger partial charge in [-0.2, -0.15) is 0 Å². The number of amides is 4. The van der Waals surface area contributed by atoms with Gasteiger partial charge >= 0.3 is 40.7 Å². The lowest BCUT2D eigenvalue weighted by Gasteiger charge is -2.30. The van der Waals surface area contributed by atoms with Crippen LogP contribution in [-0.2, 0) is 65.4 Å². The van der Waals surface area contributed by atoms with Gasteiger partial charge in [0.1, 0.15) is 6.04 Å². The monoisotopic (exact) mass is 942 g/mol. The lowest BCUT2D eigenvalue weighted by atomic mass is 10.2. The lowest BCUT2D eigenvalue weighted by molar-refractivity contribution is -0.139. The zero-order chi connectivity index (χ0) is 47.4. The molecule has 24 heteroatoms. The molecule has 1 aromatic rings. The molecule has 1 aliphatic heterocycles. The molecule has 0 aliphatic carbocycles. The number of hydrogen-bond donors (Lipinski definition) is 1.